The molecule has 25 heavy (non-hydrogen) atoms. The number of phenolic OH excluding ortho intramolecular Hbond substituents is 1. The third-order valence-electron chi connectivity index (χ3n) is 4.63. The highest BCUT2D eigenvalue weighted by Crippen LogP contribution is 2.37. The second-order valence-electron chi connectivity index (χ2n) is 6.34. The zero-order valence-electron chi connectivity index (χ0n) is 13.9. The molecule has 0 radical (unpaired) electrons. The van der Waals surface area contributed by atoms with E-state index in [0.29, 0.717) is 32.1 Å². The fraction of sp³-hybridized carbons (Fsp3) is 0.368. The van der Waals surface area contributed by atoms with E-state index in [1.807, 2.05) is 18.2 Å². The van der Waals surface area contributed by atoms with E-state index in [-0.39, 0.29) is 17.8 Å². The average molecular weight is 340 g/mol. The Morgan fingerprint density at radius 3 is 2.96 bits per heavy atom. The number of hydrogen-bond acceptors (Lipinski definition) is 5. The Morgan fingerprint density at radius 1 is 1.28 bits per heavy atom. The van der Waals surface area contributed by atoms with E-state index in [4.69, 9.17) is 9.47 Å². The monoisotopic (exact) mass is 340 g/mol. The number of aromatic nitrogens is 1. The van der Waals surface area contributed by atoms with Gasteiger partial charge in [0.1, 0.15) is 12.7 Å². The first-order valence-corrected chi connectivity index (χ1v) is 8.52. The Kier molecular flexibility index (Phi) is 4.28. The van der Waals surface area contributed by atoms with Crippen molar-refractivity contribution in [2.45, 2.75) is 25.5 Å². The first-order valence-electron chi connectivity index (χ1n) is 8.52. The van der Waals surface area contributed by atoms with Gasteiger partial charge < -0.3 is 19.5 Å². The molecular formula is C19H20N2O4. The predicted octanol–water partition coefficient (Wildman–Crippen LogP) is 2.35. The topological polar surface area (TPSA) is 71.9 Å². The van der Waals surface area contributed by atoms with Crippen LogP contribution in [0.4, 0.5) is 0 Å². The molecule has 0 saturated carbocycles. The molecule has 1 aromatic heterocycles. The van der Waals surface area contributed by atoms with Crippen LogP contribution in [0, 0.1) is 0 Å². The van der Waals surface area contributed by atoms with Gasteiger partial charge in [0, 0.05) is 36.7 Å². The minimum atomic E-state index is -0.350. The van der Waals surface area contributed by atoms with E-state index in [0.717, 1.165) is 29.5 Å². The van der Waals surface area contributed by atoms with E-state index >= 15 is 0 Å². The zero-order chi connectivity index (χ0) is 17.2. The first kappa shape index (κ1) is 15.9. The molecule has 6 heteroatoms. The Hall–Kier alpha value is -2.60. The smallest absolute Gasteiger partial charge is 0.252 e. The molecule has 1 N–H and O–H groups in total. The average Bonchev–Trinajstić information content (AvgIpc) is 3.08. The van der Waals surface area contributed by atoms with Crippen molar-refractivity contribution >= 4 is 5.91 Å². The van der Waals surface area contributed by atoms with Gasteiger partial charge in [0.2, 0.25) is 0 Å². The van der Waals surface area contributed by atoms with Gasteiger partial charge in [-0.1, -0.05) is 6.07 Å². The predicted molar refractivity (Wildman–Crippen MR) is 91.2 cm³/mol. The van der Waals surface area contributed by atoms with Crippen molar-refractivity contribution in [3.8, 4) is 22.6 Å². The number of fused-ring (bicyclic) bond motifs is 1. The van der Waals surface area contributed by atoms with Crippen LogP contribution in [0.15, 0.2) is 36.7 Å². The summed E-state index contributed by atoms with van der Waals surface area (Å²) >= 11 is 0. The van der Waals surface area contributed by atoms with Crippen LogP contribution in [0.25, 0.3) is 11.1 Å². The summed E-state index contributed by atoms with van der Waals surface area (Å²) in [7, 11) is 0. The molecule has 1 fully saturated rings. The van der Waals surface area contributed by atoms with Crippen LogP contribution in [-0.4, -0.2) is 46.8 Å². The fourth-order valence-electron chi connectivity index (χ4n) is 3.36. The molecule has 3 heterocycles. The lowest BCUT2D eigenvalue weighted by Gasteiger charge is -2.23. The highest BCUT2D eigenvalue weighted by molar-refractivity contribution is 5.81. The molecule has 1 atom stereocenters. The molecule has 2 aliphatic rings. The number of pyridine rings is 1. The lowest BCUT2D eigenvalue weighted by Crippen LogP contribution is -2.39. The van der Waals surface area contributed by atoms with Crippen molar-refractivity contribution in [3.05, 3.63) is 42.2 Å². The van der Waals surface area contributed by atoms with E-state index in [1.165, 1.54) is 0 Å². The van der Waals surface area contributed by atoms with Gasteiger partial charge in [0.25, 0.3) is 5.91 Å². The van der Waals surface area contributed by atoms with Gasteiger partial charge >= 0.3 is 0 Å². The zero-order valence-corrected chi connectivity index (χ0v) is 13.9. The Morgan fingerprint density at radius 2 is 2.20 bits per heavy atom. The van der Waals surface area contributed by atoms with Gasteiger partial charge in [0.15, 0.2) is 11.5 Å². The standard InChI is InChI=1S/C19H20N2O4/c22-16-10-14(13-3-1-5-20-11-13)9-15-12-21(6-8-25-18(15)16)19(23)17-4-2-7-24-17/h1,3,5,9-11,17,22H,2,4,6-8,12H2/t17-/m1/s1. The first-order chi connectivity index (χ1) is 12.2. The van der Waals surface area contributed by atoms with Gasteiger partial charge in [-0.3, -0.25) is 9.78 Å². The van der Waals surface area contributed by atoms with Crippen LogP contribution < -0.4 is 4.74 Å². The van der Waals surface area contributed by atoms with E-state index in [2.05, 4.69) is 4.98 Å². The Labute approximate surface area is 146 Å². The number of rotatable bonds is 2. The summed E-state index contributed by atoms with van der Waals surface area (Å²) in [5, 5.41) is 10.4. The molecule has 0 aliphatic carbocycles. The maximum atomic E-state index is 12.7. The summed E-state index contributed by atoms with van der Waals surface area (Å²) in [6.07, 6.45) is 4.79. The summed E-state index contributed by atoms with van der Waals surface area (Å²) in [5.41, 5.74) is 2.55. The molecule has 0 unspecified atom stereocenters. The third-order valence-corrected chi connectivity index (χ3v) is 4.63. The molecule has 2 aliphatic heterocycles. The van der Waals surface area contributed by atoms with Crippen LogP contribution in [-0.2, 0) is 16.1 Å². The van der Waals surface area contributed by atoms with Gasteiger partial charge in [-0.15, -0.1) is 0 Å². The van der Waals surface area contributed by atoms with E-state index in [9.17, 15) is 9.90 Å². The lowest BCUT2D eigenvalue weighted by molar-refractivity contribution is -0.141. The maximum absolute atomic E-state index is 12.7. The van der Waals surface area contributed by atoms with Crippen LogP contribution >= 0.6 is 0 Å². The molecule has 1 saturated heterocycles. The van der Waals surface area contributed by atoms with Crippen LogP contribution in [0.2, 0.25) is 0 Å². The minimum absolute atomic E-state index is 0.000204. The van der Waals surface area contributed by atoms with Crippen molar-refractivity contribution in [2.24, 2.45) is 0 Å². The minimum Gasteiger partial charge on any atom is -0.504 e. The van der Waals surface area contributed by atoms with E-state index in [1.54, 1.807) is 23.4 Å². The number of phenols is 1. The molecule has 1 aromatic carbocycles. The van der Waals surface area contributed by atoms with Crippen molar-refractivity contribution in [1.82, 2.24) is 9.88 Å². The second-order valence-corrected chi connectivity index (χ2v) is 6.34. The lowest BCUT2D eigenvalue weighted by atomic mass is 10.0. The second kappa shape index (κ2) is 6.72. The molecule has 4 rings (SSSR count). The van der Waals surface area contributed by atoms with Crippen molar-refractivity contribution in [1.29, 1.82) is 0 Å². The van der Waals surface area contributed by atoms with Gasteiger partial charge in [-0.25, -0.2) is 0 Å². The fourth-order valence-corrected chi connectivity index (χ4v) is 3.36. The number of hydrogen-bond donors (Lipinski definition) is 1. The molecule has 2 aromatic rings. The van der Waals surface area contributed by atoms with Crippen molar-refractivity contribution in [2.75, 3.05) is 19.8 Å². The molecule has 1 amide bonds. The molecule has 6 nitrogen and oxygen atoms in total. The van der Waals surface area contributed by atoms with Crippen molar-refractivity contribution < 1.29 is 19.4 Å². The molecule has 130 valence electrons. The third kappa shape index (κ3) is 3.17. The van der Waals surface area contributed by atoms with Crippen LogP contribution in [0.5, 0.6) is 11.5 Å². The number of carbonyl (C=O) groups excluding carboxylic acids is 1. The van der Waals surface area contributed by atoms with Gasteiger partial charge in [-0.05, 0) is 36.6 Å². The number of amides is 1. The van der Waals surface area contributed by atoms with Crippen molar-refractivity contribution in [3.63, 3.8) is 0 Å². The number of ether oxygens (including phenoxy) is 2. The molecular weight excluding hydrogens is 320 g/mol. The van der Waals surface area contributed by atoms with Gasteiger partial charge in [0.05, 0.1) is 6.54 Å². The maximum Gasteiger partial charge on any atom is 0.252 e. The normalized spacial score (nSPS) is 19.8. The number of aromatic hydroxyl groups is 1. The summed E-state index contributed by atoms with van der Waals surface area (Å²) in [4.78, 5) is 18.6. The summed E-state index contributed by atoms with van der Waals surface area (Å²) < 4.78 is 11.2. The molecule has 0 bridgehead atoms. The SMILES string of the molecule is O=C([C@H]1CCCO1)N1CCOc2c(O)cc(-c3cccnc3)cc2C1. The summed E-state index contributed by atoms with van der Waals surface area (Å²) in [5.74, 6) is 0.540. The largest absolute Gasteiger partial charge is 0.504 e. The number of nitrogens with zero attached hydrogens (tertiary/aromatic N) is 2. The Bertz CT molecular complexity index is 772. The quantitative estimate of drug-likeness (QED) is 0.909. The highest BCUT2D eigenvalue weighted by Gasteiger charge is 2.30. The summed E-state index contributed by atoms with van der Waals surface area (Å²) in [6.45, 7) is 1.87. The summed E-state index contributed by atoms with van der Waals surface area (Å²) in [6, 6.07) is 7.41. The van der Waals surface area contributed by atoms with Crippen LogP contribution in [0.1, 0.15) is 18.4 Å². The number of carbonyl (C=O) groups is 1. The highest BCUT2D eigenvalue weighted by atomic mass is 16.5. The molecule has 0 spiro atoms. The van der Waals surface area contributed by atoms with Gasteiger partial charge in [-0.2, -0.15) is 0 Å². The van der Waals surface area contributed by atoms with Crippen LogP contribution in [0.3, 0.4) is 0 Å². The number of benzene rings is 1. The Balaban J connectivity index is 1.65. The van der Waals surface area contributed by atoms with E-state index < -0.39 is 0 Å².